The molecule has 1 aromatic carbocycles. The van der Waals surface area contributed by atoms with E-state index in [1.54, 1.807) is 6.26 Å². The first-order valence-electron chi connectivity index (χ1n) is 9.81. The molecule has 1 heterocycles. The number of nitrogens with zero attached hydrogens (tertiary/aromatic N) is 2. The molecular weight excluding hydrogens is 356 g/mol. The van der Waals surface area contributed by atoms with Gasteiger partial charge in [-0.15, -0.1) is 0 Å². The highest BCUT2D eigenvalue weighted by atomic mass is 16.5. The van der Waals surface area contributed by atoms with Gasteiger partial charge in [-0.3, -0.25) is 4.79 Å². The van der Waals surface area contributed by atoms with Crippen molar-refractivity contribution in [3.63, 3.8) is 0 Å². The van der Waals surface area contributed by atoms with Crippen molar-refractivity contribution in [2.24, 2.45) is 4.99 Å². The molecule has 7 nitrogen and oxygen atoms in total. The maximum Gasteiger partial charge on any atom is 0.305 e. The Kier molecular flexibility index (Phi) is 9.61. The van der Waals surface area contributed by atoms with E-state index in [-0.39, 0.29) is 5.97 Å². The molecule has 152 valence electrons. The number of nitrogens with one attached hydrogen (secondary N) is 2. The number of aliphatic imine (C=N–C) groups is 1. The van der Waals surface area contributed by atoms with E-state index in [9.17, 15) is 4.79 Å². The Morgan fingerprint density at radius 3 is 2.68 bits per heavy atom. The smallest absolute Gasteiger partial charge is 0.305 e. The van der Waals surface area contributed by atoms with Gasteiger partial charge < -0.3 is 19.8 Å². The lowest BCUT2D eigenvalue weighted by molar-refractivity contribution is -0.140. The van der Waals surface area contributed by atoms with Crippen LogP contribution in [-0.2, 0) is 16.1 Å². The second-order valence-corrected chi connectivity index (χ2v) is 6.37. The largest absolute Gasteiger partial charge is 0.469 e. The first-order chi connectivity index (χ1) is 13.7. The number of unbranched alkanes of at least 4 members (excludes halogenated alkanes) is 3. The molecular formula is C21H30N4O3. The van der Waals surface area contributed by atoms with Gasteiger partial charge in [-0.05, 0) is 31.9 Å². The molecule has 28 heavy (non-hydrogen) atoms. The summed E-state index contributed by atoms with van der Waals surface area (Å²) in [5.74, 6) is 1.24. The van der Waals surface area contributed by atoms with E-state index < -0.39 is 0 Å². The van der Waals surface area contributed by atoms with Crippen LogP contribution in [0.5, 0.6) is 0 Å². The second-order valence-electron chi connectivity index (χ2n) is 6.37. The van der Waals surface area contributed by atoms with E-state index in [2.05, 4.69) is 25.3 Å². The Morgan fingerprint density at radius 2 is 1.93 bits per heavy atom. The summed E-state index contributed by atoms with van der Waals surface area (Å²) in [5, 5.41) is 6.56. The summed E-state index contributed by atoms with van der Waals surface area (Å²) >= 11 is 0. The fourth-order valence-corrected chi connectivity index (χ4v) is 2.65. The molecule has 0 atom stereocenters. The van der Waals surface area contributed by atoms with Gasteiger partial charge >= 0.3 is 5.97 Å². The molecule has 0 spiro atoms. The number of hydrogen-bond acceptors (Lipinski definition) is 5. The fraction of sp³-hybridized carbons (Fsp3) is 0.476. The summed E-state index contributed by atoms with van der Waals surface area (Å²) in [6.07, 6.45) is 6.12. The number of rotatable bonds is 11. The minimum absolute atomic E-state index is 0.136. The molecule has 2 aromatic rings. The molecule has 0 unspecified atom stereocenters. The Balaban J connectivity index is 1.73. The van der Waals surface area contributed by atoms with Crippen LogP contribution in [0.4, 0.5) is 0 Å². The molecule has 1 aromatic heterocycles. The third-order valence-corrected chi connectivity index (χ3v) is 4.14. The lowest BCUT2D eigenvalue weighted by Crippen LogP contribution is -2.37. The monoisotopic (exact) mass is 386 g/mol. The number of carbonyl (C=O) groups is 1. The van der Waals surface area contributed by atoms with Gasteiger partial charge in [0.2, 0.25) is 5.89 Å². The predicted octanol–water partition coefficient (Wildman–Crippen LogP) is 3.52. The minimum Gasteiger partial charge on any atom is -0.469 e. The SMILES string of the molecule is CCNC(=NCc1coc(-c2ccccc2)n1)NCCCCCCC(=O)OC. The molecule has 2 rings (SSSR count). The molecule has 7 heteroatoms. The van der Waals surface area contributed by atoms with Crippen molar-refractivity contribution in [1.82, 2.24) is 15.6 Å². The number of benzene rings is 1. The highest BCUT2D eigenvalue weighted by Crippen LogP contribution is 2.18. The summed E-state index contributed by atoms with van der Waals surface area (Å²) in [4.78, 5) is 20.1. The van der Waals surface area contributed by atoms with Crippen molar-refractivity contribution in [3.8, 4) is 11.5 Å². The van der Waals surface area contributed by atoms with Gasteiger partial charge in [-0.2, -0.15) is 0 Å². The predicted molar refractivity (Wildman–Crippen MR) is 110 cm³/mol. The highest BCUT2D eigenvalue weighted by Gasteiger charge is 2.06. The van der Waals surface area contributed by atoms with Crippen LogP contribution in [0.3, 0.4) is 0 Å². The van der Waals surface area contributed by atoms with E-state index in [0.29, 0.717) is 18.9 Å². The maximum absolute atomic E-state index is 11.1. The van der Waals surface area contributed by atoms with Crippen molar-refractivity contribution in [1.29, 1.82) is 0 Å². The summed E-state index contributed by atoms with van der Waals surface area (Å²) < 4.78 is 10.2. The zero-order valence-electron chi connectivity index (χ0n) is 16.7. The number of oxazole rings is 1. The molecule has 0 aliphatic heterocycles. The van der Waals surface area contributed by atoms with Crippen molar-refractivity contribution in [2.75, 3.05) is 20.2 Å². The van der Waals surface area contributed by atoms with Crippen LogP contribution in [-0.4, -0.2) is 37.1 Å². The zero-order valence-corrected chi connectivity index (χ0v) is 16.7. The number of esters is 1. The molecule has 0 radical (unpaired) electrons. The van der Waals surface area contributed by atoms with Crippen LogP contribution < -0.4 is 10.6 Å². The van der Waals surface area contributed by atoms with E-state index in [1.165, 1.54) is 7.11 Å². The van der Waals surface area contributed by atoms with Crippen LogP contribution in [0.1, 0.15) is 44.7 Å². The van der Waals surface area contributed by atoms with E-state index in [1.807, 2.05) is 37.3 Å². The standard InChI is InChI=1S/C21H30N4O3/c1-3-22-21(23-14-10-5-4-9-13-19(26)27-2)24-15-18-16-28-20(25-18)17-11-7-6-8-12-17/h6-8,11-12,16H,3-5,9-10,13-15H2,1-2H3,(H2,22,23,24). The van der Waals surface area contributed by atoms with Crippen LogP contribution in [0.15, 0.2) is 46.0 Å². The first kappa shape index (κ1) is 21.5. The average Bonchev–Trinajstić information content (AvgIpc) is 3.20. The summed E-state index contributed by atoms with van der Waals surface area (Å²) in [6.45, 7) is 4.11. The van der Waals surface area contributed by atoms with Crippen LogP contribution in [0.25, 0.3) is 11.5 Å². The Labute approximate surface area is 166 Å². The van der Waals surface area contributed by atoms with Gasteiger partial charge in [0.1, 0.15) is 12.0 Å². The Bertz CT molecular complexity index is 728. The normalized spacial score (nSPS) is 11.3. The van der Waals surface area contributed by atoms with Gasteiger partial charge in [0.05, 0.1) is 13.7 Å². The number of methoxy groups -OCH3 is 1. The molecule has 0 aliphatic rings. The third kappa shape index (κ3) is 7.82. The molecule has 0 aliphatic carbocycles. The number of carbonyl (C=O) groups excluding carboxylic acids is 1. The van der Waals surface area contributed by atoms with Gasteiger partial charge in [0, 0.05) is 25.1 Å². The molecule has 0 saturated carbocycles. The highest BCUT2D eigenvalue weighted by molar-refractivity contribution is 5.79. The van der Waals surface area contributed by atoms with Crippen LogP contribution in [0, 0.1) is 0 Å². The topological polar surface area (TPSA) is 88.8 Å². The van der Waals surface area contributed by atoms with Gasteiger partial charge in [-0.1, -0.05) is 31.0 Å². The summed E-state index contributed by atoms with van der Waals surface area (Å²) in [6, 6.07) is 9.82. The van der Waals surface area contributed by atoms with Gasteiger partial charge in [-0.25, -0.2) is 9.98 Å². The lowest BCUT2D eigenvalue weighted by Gasteiger charge is -2.10. The van der Waals surface area contributed by atoms with Crippen molar-refractivity contribution in [3.05, 3.63) is 42.3 Å². The molecule has 0 saturated heterocycles. The number of hydrogen-bond donors (Lipinski definition) is 2. The van der Waals surface area contributed by atoms with Gasteiger partial charge in [0.15, 0.2) is 5.96 Å². The first-order valence-corrected chi connectivity index (χ1v) is 9.81. The molecule has 2 N–H and O–H groups in total. The van der Waals surface area contributed by atoms with Crippen LogP contribution in [0.2, 0.25) is 0 Å². The van der Waals surface area contributed by atoms with Crippen molar-refractivity contribution >= 4 is 11.9 Å². The fourth-order valence-electron chi connectivity index (χ4n) is 2.65. The Hall–Kier alpha value is -2.83. The van der Waals surface area contributed by atoms with Gasteiger partial charge in [0.25, 0.3) is 0 Å². The minimum atomic E-state index is -0.136. The number of guanidine groups is 1. The van der Waals surface area contributed by atoms with Crippen LogP contribution >= 0.6 is 0 Å². The quantitative estimate of drug-likeness (QED) is 0.266. The second kappa shape index (κ2) is 12.5. The number of ether oxygens (including phenoxy) is 1. The molecule has 0 bridgehead atoms. The van der Waals surface area contributed by atoms with Crippen molar-refractivity contribution in [2.45, 2.75) is 45.6 Å². The molecule has 0 fully saturated rings. The lowest BCUT2D eigenvalue weighted by atomic mass is 10.1. The van der Waals surface area contributed by atoms with Crippen molar-refractivity contribution < 1.29 is 13.9 Å². The van der Waals surface area contributed by atoms with E-state index in [4.69, 9.17) is 4.42 Å². The maximum atomic E-state index is 11.1. The summed E-state index contributed by atoms with van der Waals surface area (Å²) in [7, 11) is 1.43. The third-order valence-electron chi connectivity index (χ3n) is 4.14. The Morgan fingerprint density at radius 1 is 1.14 bits per heavy atom. The number of aromatic nitrogens is 1. The molecule has 0 amide bonds. The van der Waals surface area contributed by atoms with E-state index >= 15 is 0 Å². The average molecular weight is 386 g/mol. The zero-order chi connectivity index (χ0) is 20.0. The van der Waals surface area contributed by atoms with E-state index in [0.717, 1.165) is 56.0 Å². The summed E-state index contributed by atoms with van der Waals surface area (Å²) in [5.41, 5.74) is 1.74.